The zero-order valence-electron chi connectivity index (χ0n) is 15.7. The number of aryl methyl sites for hydroxylation is 1. The Morgan fingerprint density at radius 3 is 2.74 bits per heavy atom. The molecule has 1 aliphatic heterocycles. The van der Waals surface area contributed by atoms with Gasteiger partial charge in [-0.1, -0.05) is 49.0 Å². The van der Waals surface area contributed by atoms with Gasteiger partial charge in [-0.15, -0.1) is 6.58 Å². The Bertz CT molecular complexity index is 865. The number of thioether (sulfide) groups is 1. The number of hydrazone groups is 1. The predicted octanol–water partition coefficient (Wildman–Crippen LogP) is 6.08. The molecule has 0 aromatic heterocycles. The van der Waals surface area contributed by atoms with Crippen molar-refractivity contribution in [2.75, 3.05) is 7.05 Å². The molecule has 142 valence electrons. The molecule has 0 amide bonds. The summed E-state index contributed by atoms with van der Waals surface area (Å²) in [7, 11) is 1.92. The van der Waals surface area contributed by atoms with E-state index in [0.29, 0.717) is 5.04 Å². The van der Waals surface area contributed by atoms with Gasteiger partial charge in [-0.25, -0.2) is 8.78 Å². The summed E-state index contributed by atoms with van der Waals surface area (Å²) >= 11 is 1.53. The van der Waals surface area contributed by atoms with Crippen molar-refractivity contribution in [2.24, 2.45) is 5.10 Å². The van der Waals surface area contributed by atoms with E-state index in [4.69, 9.17) is 0 Å². The number of rotatable bonds is 2. The summed E-state index contributed by atoms with van der Waals surface area (Å²) in [4.78, 5) is -0.317. The third-order valence-corrected chi connectivity index (χ3v) is 6.40. The molecule has 0 fully saturated rings. The molecule has 2 nitrogen and oxygen atoms in total. The van der Waals surface area contributed by atoms with E-state index < -0.39 is 11.6 Å². The van der Waals surface area contributed by atoms with Crippen LogP contribution in [0.5, 0.6) is 0 Å². The van der Waals surface area contributed by atoms with Gasteiger partial charge in [0.15, 0.2) is 0 Å². The van der Waals surface area contributed by atoms with E-state index in [-0.39, 0.29) is 10.4 Å². The molecule has 2 aromatic carbocycles. The quantitative estimate of drug-likeness (QED) is 0.582. The van der Waals surface area contributed by atoms with Crippen LogP contribution in [-0.2, 0) is 11.3 Å². The molecule has 0 radical (unpaired) electrons. The highest BCUT2D eigenvalue weighted by atomic mass is 32.2. The fraction of sp³-hybridized carbons (Fsp3) is 0.318. The highest BCUT2D eigenvalue weighted by Gasteiger charge is 2.46. The lowest BCUT2D eigenvalue weighted by atomic mass is 9.87. The maximum absolute atomic E-state index is 14.1. The largest absolute Gasteiger partial charge is 0.278 e. The summed E-state index contributed by atoms with van der Waals surface area (Å²) in [6, 6.07) is 11.9. The molecule has 0 saturated heterocycles. The van der Waals surface area contributed by atoms with Crippen molar-refractivity contribution < 1.29 is 8.78 Å². The van der Waals surface area contributed by atoms with Gasteiger partial charge in [-0.3, -0.25) is 5.01 Å². The second-order valence-corrected chi connectivity index (χ2v) is 7.91. The van der Waals surface area contributed by atoms with Crippen LogP contribution in [0.2, 0.25) is 0 Å². The number of nitrogens with zero attached hydrogens (tertiary/aromatic N) is 2. The second kappa shape index (κ2) is 8.26. The molecule has 1 spiro atoms. The highest BCUT2D eigenvalue weighted by Crippen LogP contribution is 2.52. The van der Waals surface area contributed by atoms with Crippen molar-refractivity contribution in [3.05, 3.63) is 83.4 Å². The van der Waals surface area contributed by atoms with Gasteiger partial charge < -0.3 is 0 Å². The molecule has 4 rings (SSSR count). The second-order valence-electron chi connectivity index (χ2n) is 6.65. The SMILES string of the molecule is C=CCC.CN1N=C(c2cc(F)ccc2F)SC12CCCc1ccccc12. The number of allylic oxidation sites excluding steroid dienone is 1. The number of benzene rings is 2. The van der Waals surface area contributed by atoms with Crippen LogP contribution in [-0.4, -0.2) is 17.1 Å². The third kappa shape index (κ3) is 3.79. The molecule has 0 bridgehead atoms. The molecular weight excluding hydrogens is 362 g/mol. The molecular formula is C22H24F2N2S. The van der Waals surface area contributed by atoms with Gasteiger partial charge in [-0.2, -0.15) is 5.10 Å². The van der Waals surface area contributed by atoms with Crippen molar-refractivity contribution in [1.29, 1.82) is 0 Å². The van der Waals surface area contributed by atoms with Crippen molar-refractivity contribution in [3.63, 3.8) is 0 Å². The minimum absolute atomic E-state index is 0.238. The minimum Gasteiger partial charge on any atom is -0.278 e. The average molecular weight is 387 g/mol. The van der Waals surface area contributed by atoms with Gasteiger partial charge in [0.2, 0.25) is 0 Å². The zero-order valence-corrected chi connectivity index (χ0v) is 16.5. The first kappa shape index (κ1) is 19.6. The van der Waals surface area contributed by atoms with E-state index in [1.807, 2.05) is 30.3 Å². The average Bonchev–Trinajstić information content (AvgIpc) is 3.01. The lowest BCUT2D eigenvalue weighted by molar-refractivity contribution is 0.204. The van der Waals surface area contributed by atoms with Crippen molar-refractivity contribution in [3.8, 4) is 0 Å². The van der Waals surface area contributed by atoms with E-state index >= 15 is 0 Å². The summed E-state index contributed by atoms with van der Waals surface area (Å²) in [6.07, 6.45) is 6.01. The van der Waals surface area contributed by atoms with Gasteiger partial charge in [0.25, 0.3) is 0 Å². The topological polar surface area (TPSA) is 15.6 Å². The molecule has 0 N–H and O–H groups in total. The molecule has 1 unspecified atom stereocenters. The maximum atomic E-state index is 14.1. The van der Waals surface area contributed by atoms with Crippen LogP contribution >= 0.6 is 11.8 Å². The first-order valence-electron chi connectivity index (χ1n) is 9.18. The lowest BCUT2D eigenvalue weighted by Crippen LogP contribution is -2.37. The summed E-state index contributed by atoms with van der Waals surface area (Å²) in [5.74, 6) is -0.885. The first-order chi connectivity index (χ1) is 13.0. The van der Waals surface area contributed by atoms with Crippen molar-refractivity contribution in [1.82, 2.24) is 5.01 Å². The van der Waals surface area contributed by atoms with Crippen LogP contribution in [0.4, 0.5) is 8.78 Å². The minimum atomic E-state index is -0.447. The van der Waals surface area contributed by atoms with Crippen molar-refractivity contribution >= 4 is 16.8 Å². The van der Waals surface area contributed by atoms with Gasteiger partial charge in [0.1, 0.15) is 21.5 Å². The molecule has 2 aromatic rings. The normalized spacial score (nSPS) is 20.6. The molecule has 27 heavy (non-hydrogen) atoms. The third-order valence-electron chi connectivity index (χ3n) is 4.88. The van der Waals surface area contributed by atoms with Crippen molar-refractivity contribution in [2.45, 2.75) is 37.5 Å². The smallest absolute Gasteiger partial charge is 0.134 e. The maximum Gasteiger partial charge on any atom is 0.134 e. The Hall–Kier alpha value is -2.14. The molecule has 5 heteroatoms. The summed E-state index contributed by atoms with van der Waals surface area (Å²) < 4.78 is 27.6. The lowest BCUT2D eigenvalue weighted by Gasteiger charge is -2.39. The fourth-order valence-corrected chi connectivity index (χ4v) is 4.93. The molecule has 1 heterocycles. The van der Waals surface area contributed by atoms with Crippen LogP contribution < -0.4 is 0 Å². The standard InChI is InChI=1S/C18H16F2N2S.C4H8/c1-22-18(10-4-6-12-5-2-3-7-15(12)18)23-17(21-22)14-11-13(19)8-9-16(14)20;1-3-4-2/h2-3,5,7-9,11H,4,6,10H2,1H3;3H,1,4H2,2H3. The predicted molar refractivity (Wildman–Crippen MR) is 110 cm³/mol. The van der Waals surface area contributed by atoms with E-state index in [9.17, 15) is 8.78 Å². The number of fused-ring (bicyclic) bond motifs is 2. The van der Waals surface area contributed by atoms with Gasteiger partial charge >= 0.3 is 0 Å². The van der Waals surface area contributed by atoms with E-state index in [1.165, 1.54) is 29.0 Å². The Morgan fingerprint density at radius 1 is 1.26 bits per heavy atom. The molecule has 2 aliphatic rings. The van der Waals surface area contributed by atoms with Crippen LogP contribution in [0.3, 0.4) is 0 Å². The van der Waals surface area contributed by atoms with Gasteiger partial charge in [0.05, 0.1) is 0 Å². The highest BCUT2D eigenvalue weighted by molar-refractivity contribution is 8.15. The number of hydrogen-bond acceptors (Lipinski definition) is 3. The van der Waals surface area contributed by atoms with Crippen LogP contribution in [0, 0.1) is 11.6 Å². The van der Waals surface area contributed by atoms with Crippen LogP contribution in [0.1, 0.15) is 42.9 Å². The molecule has 1 atom stereocenters. The van der Waals surface area contributed by atoms with Gasteiger partial charge in [0, 0.05) is 12.6 Å². The summed E-state index contributed by atoms with van der Waals surface area (Å²) in [5, 5.41) is 7.00. The van der Waals surface area contributed by atoms with Crippen LogP contribution in [0.15, 0.2) is 60.2 Å². The van der Waals surface area contributed by atoms with E-state index in [2.05, 4.69) is 30.7 Å². The van der Waals surface area contributed by atoms with Crippen LogP contribution in [0.25, 0.3) is 0 Å². The molecule has 1 aliphatic carbocycles. The Balaban J connectivity index is 0.000000481. The Morgan fingerprint density at radius 2 is 2.00 bits per heavy atom. The number of halogens is 2. The molecule has 0 saturated carbocycles. The zero-order chi connectivity index (χ0) is 19.4. The number of hydrogen-bond donors (Lipinski definition) is 0. The fourth-order valence-electron chi connectivity index (χ4n) is 3.45. The van der Waals surface area contributed by atoms with E-state index in [0.717, 1.165) is 37.8 Å². The summed E-state index contributed by atoms with van der Waals surface area (Å²) in [5.41, 5.74) is 2.78. The van der Waals surface area contributed by atoms with Gasteiger partial charge in [-0.05, 0) is 55.0 Å². The summed E-state index contributed by atoms with van der Waals surface area (Å²) in [6.45, 7) is 5.54. The van der Waals surface area contributed by atoms with E-state index in [1.54, 1.807) is 0 Å². The first-order valence-corrected chi connectivity index (χ1v) is 9.99. The Labute approximate surface area is 164 Å². The monoisotopic (exact) mass is 386 g/mol. The Kier molecular flexibility index (Phi) is 6.00.